The van der Waals surface area contributed by atoms with Gasteiger partial charge in [0.15, 0.2) is 5.13 Å². The molecule has 3 rings (SSSR count). The third-order valence-corrected chi connectivity index (χ3v) is 4.84. The molecule has 7 nitrogen and oxygen atoms in total. The lowest BCUT2D eigenvalue weighted by molar-refractivity contribution is 0.0948. The zero-order chi connectivity index (χ0) is 16.9. The molecule has 0 radical (unpaired) electrons. The fraction of sp³-hybridized carbons (Fsp3) is 0.562. The van der Waals surface area contributed by atoms with Crippen molar-refractivity contribution >= 4 is 22.4 Å². The Morgan fingerprint density at radius 3 is 2.88 bits per heavy atom. The van der Waals surface area contributed by atoms with Crippen LogP contribution in [0, 0.1) is 13.8 Å². The van der Waals surface area contributed by atoms with Crippen LogP contribution in [0.15, 0.2) is 11.4 Å². The molecule has 0 aromatic carbocycles. The maximum Gasteiger partial charge on any atom is 0.270 e. The van der Waals surface area contributed by atoms with Crippen LogP contribution < -0.4 is 10.2 Å². The van der Waals surface area contributed by atoms with Crippen LogP contribution in [0.4, 0.5) is 5.13 Å². The number of nitrogens with one attached hydrogen (secondary N) is 1. The monoisotopic (exact) mass is 349 g/mol. The van der Waals surface area contributed by atoms with Crippen molar-refractivity contribution in [1.29, 1.82) is 0 Å². The summed E-state index contributed by atoms with van der Waals surface area (Å²) in [5, 5.41) is 10.1. The van der Waals surface area contributed by atoms with E-state index >= 15 is 0 Å². The summed E-state index contributed by atoms with van der Waals surface area (Å²) >= 11 is 1.51. The second-order valence-corrected chi connectivity index (χ2v) is 6.71. The molecule has 0 unspecified atom stereocenters. The highest BCUT2D eigenvalue weighted by atomic mass is 32.1. The number of carbonyl (C=O) groups is 1. The number of hydrogen-bond acceptors (Lipinski definition) is 6. The van der Waals surface area contributed by atoms with E-state index in [-0.39, 0.29) is 5.91 Å². The standard InChI is InChI=1S/C16H23N5O2S/c1-12-10-13(2)21(19-12)5-3-4-17-15(22)14-11-24-16(18-14)20-6-8-23-9-7-20/h10-11H,3-9H2,1-2H3,(H,17,22). The Balaban J connectivity index is 1.45. The summed E-state index contributed by atoms with van der Waals surface area (Å²) in [4.78, 5) is 18.8. The molecule has 1 amide bonds. The number of hydrogen-bond donors (Lipinski definition) is 1. The summed E-state index contributed by atoms with van der Waals surface area (Å²) in [6, 6.07) is 2.06. The van der Waals surface area contributed by atoms with Crippen molar-refractivity contribution in [1.82, 2.24) is 20.1 Å². The summed E-state index contributed by atoms with van der Waals surface area (Å²) in [5.41, 5.74) is 2.66. The van der Waals surface area contributed by atoms with E-state index < -0.39 is 0 Å². The Morgan fingerprint density at radius 2 is 2.17 bits per heavy atom. The molecule has 1 fully saturated rings. The summed E-state index contributed by atoms with van der Waals surface area (Å²) in [6.45, 7) is 8.54. The van der Waals surface area contributed by atoms with Gasteiger partial charge in [-0.15, -0.1) is 11.3 Å². The van der Waals surface area contributed by atoms with Gasteiger partial charge >= 0.3 is 0 Å². The predicted molar refractivity (Wildman–Crippen MR) is 93.8 cm³/mol. The zero-order valence-electron chi connectivity index (χ0n) is 14.1. The van der Waals surface area contributed by atoms with Crippen molar-refractivity contribution in [3.05, 3.63) is 28.5 Å². The van der Waals surface area contributed by atoms with Crippen LogP contribution in [0.2, 0.25) is 0 Å². The summed E-state index contributed by atoms with van der Waals surface area (Å²) in [6.07, 6.45) is 0.841. The molecule has 0 aliphatic carbocycles. The minimum absolute atomic E-state index is 0.112. The largest absolute Gasteiger partial charge is 0.378 e. The van der Waals surface area contributed by atoms with Crippen molar-refractivity contribution in [2.75, 3.05) is 37.7 Å². The molecule has 1 aliphatic heterocycles. The maximum absolute atomic E-state index is 12.2. The summed E-state index contributed by atoms with van der Waals surface area (Å²) in [5.74, 6) is -0.112. The van der Waals surface area contributed by atoms with E-state index in [1.165, 1.54) is 11.3 Å². The van der Waals surface area contributed by atoms with Crippen molar-refractivity contribution in [3.8, 4) is 0 Å². The number of ether oxygens (including phenoxy) is 1. The molecule has 130 valence electrons. The van der Waals surface area contributed by atoms with E-state index in [0.717, 1.165) is 42.6 Å². The lowest BCUT2D eigenvalue weighted by atomic mass is 10.3. The molecular formula is C16H23N5O2S. The van der Waals surface area contributed by atoms with Crippen LogP contribution in [-0.4, -0.2) is 53.5 Å². The van der Waals surface area contributed by atoms with Crippen molar-refractivity contribution in [2.24, 2.45) is 0 Å². The average Bonchev–Trinajstić information content (AvgIpc) is 3.19. The van der Waals surface area contributed by atoms with E-state index in [9.17, 15) is 4.79 Å². The molecule has 0 bridgehead atoms. The van der Waals surface area contributed by atoms with Crippen molar-refractivity contribution in [2.45, 2.75) is 26.8 Å². The lowest BCUT2D eigenvalue weighted by Crippen LogP contribution is -2.36. The van der Waals surface area contributed by atoms with Gasteiger partial charge in [0.05, 0.1) is 18.9 Å². The lowest BCUT2D eigenvalue weighted by Gasteiger charge is -2.25. The summed E-state index contributed by atoms with van der Waals surface area (Å²) in [7, 11) is 0. The van der Waals surface area contributed by atoms with Gasteiger partial charge in [-0.3, -0.25) is 9.48 Å². The van der Waals surface area contributed by atoms with E-state index in [1.54, 1.807) is 0 Å². The molecule has 2 aromatic heterocycles. The maximum atomic E-state index is 12.2. The molecule has 24 heavy (non-hydrogen) atoms. The number of aryl methyl sites for hydroxylation is 3. The highest BCUT2D eigenvalue weighted by molar-refractivity contribution is 7.13. The van der Waals surface area contributed by atoms with Crippen LogP contribution in [0.3, 0.4) is 0 Å². The first-order chi connectivity index (χ1) is 11.6. The molecular weight excluding hydrogens is 326 g/mol. The molecule has 8 heteroatoms. The minimum Gasteiger partial charge on any atom is -0.378 e. The molecule has 2 aromatic rings. The number of nitrogens with zero attached hydrogens (tertiary/aromatic N) is 4. The fourth-order valence-corrected chi connectivity index (χ4v) is 3.55. The summed E-state index contributed by atoms with van der Waals surface area (Å²) < 4.78 is 7.31. The third kappa shape index (κ3) is 4.12. The Morgan fingerprint density at radius 1 is 1.38 bits per heavy atom. The Kier molecular flexibility index (Phi) is 5.47. The Hall–Kier alpha value is -1.93. The molecule has 0 atom stereocenters. The first-order valence-corrected chi connectivity index (χ1v) is 9.09. The quantitative estimate of drug-likeness (QED) is 0.802. The van der Waals surface area contributed by atoms with E-state index in [4.69, 9.17) is 4.74 Å². The highest BCUT2D eigenvalue weighted by Crippen LogP contribution is 2.21. The first-order valence-electron chi connectivity index (χ1n) is 8.21. The van der Waals surface area contributed by atoms with Gasteiger partial charge in [-0.05, 0) is 26.3 Å². The van der Waals surface area contributed by atoms with E-state index in [2.05, 4.69) is 26.4 Å². The second kappa shape index (κ2) is 7.76. The topological polar surface area (TPSA) is 72.3 Å². The Labute approximate surface area is 145 Å². The smallest absolute Gasteiger partial charge is 0.270 e. The molecule has 3 heterocycles. The number of amides is 1. The zero-order valence-corrected chi connectivity index (χ0v) is 14.9. The first kappa shape index (κ1) is 16.9. The minimum atomic E-state index is -0.112. The van der Waals surface area contributed by atoms with Crippen molar-refractivity contribution < 1.29 is 9.53 Å². The van der Waals surface area contributed by atoms with Gasteiger partial charge in [0.25, 0.3) is 5.91 Å². The van der Waals surface area contributed by atoms with Crippen LogP contribution in [0.5, 0.6) is 0 Å². The van der Waals surface area contributed by atoms with Crippen LogP contribution >= 0.6 is 11.3 Å². The SMILES string of the molecule is Cc1cc(C)n(CCCNC(=O)c2csc(N3CCOCC3)n2)n1. The van der Waals surface area contributed by atoms with Crippen LogP contribution in [0.25, 0.3) is 0 Å². The number of thiazole rings is 1. The Bertz CT molecular complexity index is 690. The molecule has 0 saturated carbocycles. The fourth-order valence-electron chi connectivity index (χ4n) is 2.69. The molecule has 0 spiro atoms. The normalized spacial score (nSPS) is 14.8. The van der Waals surface area contributed by atoms with Gasteiger partial charge < -0.3 is 15.0 Å². The number of rotatable bonds is 6. The van der Waals surface area contributed by atoms with E-state index in [0.29, 0.717) is 25.5 Å². The number of aromatic nitrogens is 3. The van der Waals surface area contributed by atoms with E-state index in [1.807, 2.05) is 23.9 Å². The number of anilines is 1. The van der Waals surface area contributed by atoms with Gasteiger partial charge in [-0.1, -0.05) is 0 Å². The average molecular weight is 349 g/mol. The van der Waals surface area contributed by atoms with Crippen LogP contribution in [0.1, 0.15) is 28.3 Å². The number of morpholine rings is 1. The van der Waals surface area contributed by atoms with Gasteiger partial charge in [0.1, 0.15) is 5.69 Å². The molecule has 1 N–H and O–H groups in total. The van der Waals surface area contributed by atoms with Gasteiger partial charge in [-0.2, -0.15) is 5.10 Å². The van der Waals surface area contributed by atoms with Crippen molar-refractivity contribution in [3.63, 3.8) is 0 Å². The van der Waals surface area contributed by atoms with Gasteiger partial charge in [-0.25, -0.2) is 4.98 Å². The second-order valence-electron chi connectivity index (χ2n) is 5.87. The van der Waals surface area contributed by atoms with Gasteiger partial charge in [0, 0.05) is 37.3 Å². The predicted octanol–water partition coefficient (Wildman–Crippen LogP) is 1.61. The third-order valence-electron chi connectivity index (χ3n) is 3.94. The highest BCUT2D eigenvalue weighted by Gasteiger charge is 2.17. The van der Waals surface area contributed by atoms with Gasteiger partial charge in [0.2, 0.25) is 0 Å². The molecule has 1 aliphatic rings. The molecule has 1 saturated heterocycles. The number of carbonyl (C=O) groups excluding carboxylic acids is 1. The van der Waals surface area contributed by atoms with Crippen LogP contribution in [-0.2, 0) is 11.3 Å².